The van der Waals surface area contributed by atoms with Crippen LogP contribution in [-0.4, -0.2) is 42.3 Å². The van der Waals surface area contributed by atoms with Crippen LogP contribution in [0.4, 0.5) is 10.5 Å². The van der Waals surface area contributed by atoms with Crippen LogP contribution in [0.2, 0.25) is 0 Å². The molecule has 2 amide bonds. The molecule has 0 bridgehead atoms. The lowest BCUT2D eigenvalue weighted by atomic mass is 10.1. The van der Waals surface area contributed by atoms with E-state index in [-0.39, 0.29) is 0 Å². The first-order chi connectivity index (χ1) is 13.4. The van der Waals surface area contributed by atoms with E-state index in [1.165, 1.54) is 4.90 Å². The van der Waals surface area contributed by atoms with Gasteiger partial charge in [-0.25, -0.2) is 9.59 Å². The quantitative estimate of drug-likeness (QED) is 0.383. The molecule has 7 heteroatoms. The number of carbonyl (C=O) groups is 3. The number of nitrogens with zero attached hydrogens (tertiary/aromatic N) is 1. The normalized spacial score (nSPS) is 12.6. The van der Waals surface area contributed by atoms with Gasteiger partial charge in [0.15, 0.2) is 0 Å². The molecule has 161 valence electrons. The molecule has 1 unspecified atom stereocenters. The van der Waals surface area contributed by atoms with E-state index in [0.717, 1.165) is 0 Å². The van der Waals surface area contributed by atoms with Crippen molar-refractivity contribution in [1.82, 2.24) is 5.32 Å². The maximum Gasteiger partial charge on any atom is 0.407 e. The van der Waals surface area contributed by atoms with E-state index in [1.54, 1.807) is 65.8 Å². The predicted molar refractivity (Wildman–Crippen MR) is 112 cm³/mol. The molecule has 0 aliphatic carbocycles. The predicted octanol–water partition coefficient (Wildman–Crippen LogP) is 3.85. The SMILES string of the molecule is CC(C)(C)OC(=O)NCCCCC(C(=O)OC(C)(C)C)N(C=O)c1cc[c]cc1. The zero-order valence-electron chi connectivity index (χ0n) is 18.3. The van der Waals surface area contributed by atoms with Crippen molar-refractivity contribution in [3.8, 4) is 0 Å². The Kier molecular flexibility index (Phi) is 9.14. The summed E-state index contributed by atoms with van der Waals surface area (Å²) in [5.41, 5.74) is -0.614. The number of benzene rings is 1. The first-order valence-corrected chi connectivity index (χ1v) is 9.82. The Morgan fingerprint density at radius 1 is 1.07 bits per heavy atom. The number of unbranched alkanes of at least 4 members (excludes halogenated alkanes) is 1. The van der Waals surface area contributed by atoms with E-state index in [0.29, 0.717) is 37.9 Å². The molecule has 1 N–H and O–H groups in total. The lowest BCUT2D eigenvalue weighted by Crippen LogP contribution is -2.44. The van der Waals surface area contributed by atoms with Gasteiger partial charge >= 0.3 is 12.1 Å². The van der Waals surface area contributed by atoms with Gasteiger partial charge < -0.3 is 19.7 Å². The smallest absolute Gasteiger partial charge is 0.407 e. The molecule has 1 atom stereocenters. The standard InChI is InChI=1S/C22H33N2O5/c1-21(2,3)28-19(26)18(24(16-25)17-12-8-7-9-13-17)14-10-11-15-23-20(27)29-22(4,5)6/h8-9,12-13,16,18H,10-11,14-15H2,1-6H3,(H,23,27). The van der Waals surface area contributed by atoms with Gasteiger partial charge in [-0.3, -0.25) is 4.79 Å². The fourth-order valence-electron chi connectivity index (χ4n) is 2.57. The second-order valence-corrected chi connectivity index (χ2v) is 8.74. The molecule has 1 radical (unpaired) electrons. The highest BCUT2D eigenvalue weighted by Gasteiger charge is 2.30. The average Bonchev–Trinajstić information content (AvgIpc) is 2.58. The summed E-state index contributed by atoms with van der Waals surface area (Å²) in [6.07, 6.45) is 1.82. The lowest BCUT2D eigenvalue weighted by Gasteiger charge is -2.30. The molecular formula is C22H33N2O5. The molecule has 0 aliphatic rings. The fraction of sp³-hybridized carbons (Fsp3) is 0.591. The summed E-state index contributed by atoms with van der Waals surface area (Å²) >= 11 is 0. The molecular weight excluding hydrogens is 372 g/mol. The van der Waals surface area contributed by atoms with Crippen LogP contribution in [0, 0.1) is 6.07 Å². The monoisotopic (exact) mass is 405 g/mol. The van der Waals surface area contributed by atoms with E-state index in [4.69, 9.17) is 9.47 Å². The zero-order chi connectivity index (χ0) is 22.1. The van der Waals surface area contributed by atoms with Crippen LogP contribution in [0.3, 0.4) is 0 Å². The highest BCUT2D eigenvalue weighted by Crippen LogP contribution is 2.21. The summed E-state index contributed by atoms with van der Waals surface area (Å²) in [5.74, 6) is -0.461. The summed E-state index contributed by atoms with van der Waals surface area (Å²) < 4.78 is 10.7. The first kappa shape index (κ1) is 24.5. The van der Waals surface area contributed by atoms with Crippen LogP contribution in [-0.2, 0) is 19.1 Å². The minimum absolute atomic E-state index is 0.405. The Hall–Kier alpha value is -2.57. The van der Waals surface area contributed by atoms with Gasteiger partial charge in [-0.05, 0) is 79.0 Å². The molecule has 0 aliphatic heterocycles. The van der Waals surface area contributed by atoms with Crippen molar-refractivity contribution in [2.75, 3.05) is 11.4 Å². The summed E-state index contributed by atoms with van der Waals surface area (Å²) in [6.45, 7) is 11.2. The third kappa shape index (κ3) is 9.96. The molecule has 0 fully saturated rings. The second kappa shape index (κ2) is 10.8. The number of rotatable bonds is 9. The largest absolute Gasteiger partial charge is 0.458 e. The van der Waals surface area contributed by atoms with Crippen molar-refractivity contribution in [2.45, 2.75) is 78.0 Å². The number of ether oxygens (including phenoxy) is 2. The molecule has 1 aromatic rings. The zero-order valence-corrected chi connectivity index (χ0v) is 18.3. The summed E-state index contributed by atoms with van der Waals surface area (Å²) in [6, 6.07) is 8.94. The van der Waals surface area contributed by atoms with Gasteiger partial charge in [-0.2, -0.15) is 0 Å². The van der Waals surface area contributed by atoms with Crippen LogP contribution < -0.4 is 10.2 Å². The molecule has 29 heavy (non-hydrogen) atoms. The molecule has 0 spiro atoms. The van der Waals surface area contributed by atoms with E-state index < -0.39 is 29.3 Å². The number of hydrogen-bond donors (Lipinski definition) is 1. The highest BCUT2D eigenvalue weighted by molar-refractivity contribution is 5.89. The van der Waals surface area contributed by atoms with Crippen LogP contribution in [0.25, 0.3) is 0 Å². The van der Waals surface area contributed by atoms with Gasteiger partial charge in [0.25, 0.3) is 0 Å². The van der Waals surface area contributed by atoms with Gasteiger partial charge in [0, 0.05) is 12.2 Å². The third-order valence-corrected chi connectivity index (χ3v) is 3.70. The highest BCUT2D eigenvalue weighted by atomic mass is 16.6. The number of carbonyl (C=O) groups excluding carboxylic acids is 3. The summed E-state index contributed by atoms with van der Waals surface area (Å²) in [4.78, 5) is 37.6. The van der Waals surface area contributed by atoms with Crippen molar-refractivity contribution >= 4 is 24.2 Å². The number of alkyl carbamates (subject to hydrolysis) is 1. The fourth-order valence-corrected chi connectivity index (χ4v) is 2.57. The van der Waals surface area contributed by atoms with Gasteiger partial charge in [-0.15, -0.1) is 0 Å². The average molecular weight is 406 g/mol. The minimum Gasteiger partial charge on any atom is -0.458 e. The molecule has 1 aromatic carbocycles. The minimum atomic E-state index is -0.754. The summed E-state index contributed by atoms with van der Waals surface area (Å²) in [5, 5.41) is 2.69. The van der Waals surface area contributed by atoms with Crippen molar-refractivity contribution in [1.29, 1.82) is 0 Å². The second-order valence-electron chi connectivity index (χ2n) is 8.74. The van der Waals surface area contributed by atoms with E-state index >= 15 is 0 Å². The van der Waals surface area contributed by atoms with Crippen LogP contribution in [0.1, 0.15) is 60.8 Å². The molecule has 0 aromatic heterocycles. The van der Waals surface area contributed by atoms with Crippen molar-refractivity contribution in [2.24, 2.45) is 0 Å². The van der Waals surface area contributed by atoms with Crippen LogP contribution >= 0.6 is 0 Å². The number of nitrogens with one attached hydrogen (secondary N) is 1. The van der Waals surface area contributed by atoms with Gasteiger partial charge in [0.1, 0.15) is 17.2 Å². The van der Waals surface area contributed by atoms with E-state index in [9.17, 15) is 14.4 Å². The first-order valence-electron chi connectivity index (χ1n) is 9.82. The van der Waals surface area contributed by atoms with Gasteiger partial charge in [-0.1, -0.05) is 12.1 Å². The van der Waals surface area contributed by atoms with Crippen molar-refractivity contribution in [3.63, 3.8) is 0 Å². The molecule has 7 nitrogen and oxygen atoms in total. The van der Waals surface area contributed by atoms with E-state index in [2.05, 4.69) is 11.4 Å². The number of amides is 2. The van der Waals surface area contributed by atoms with Crippen LogP contribution in [0.5, 0.6) is 0 Å². The Morgan fingerprint density at radius 3 is 2.17 bits per heavy atom. The Labute approximate surface area is 173 Å². The van der Waals surface area contributed by atoms with Crippen molar-refractivity contribution in [3.05, 3.63) is 30.3 Å². The van der Waals surface area contributed by atoms with Crippen LogP contribution in [0.15, 0.2) is 24.3 Å². The molecule has 0 saturated carbocycles. The van der Waals surface area contributed by atoms with E-state index in [1.807, 2.05) is 0 Å². The number of anilines is 1. The maximum absolute atomic E-state index is 12.7. The lowest BCUT2D eigenvalue weighted by molar-refractivity contribution is -0.157. The third-order valence-electron chi connectivity index (χ3n) is 3.70. The summed E-state index contributed by atoms with van der Waals surface area (Å²) in [7, 11) is 0. The number of esters is 1. The molecule has 1 rings (SSSR count). The topological polar surface area (TPSA) is 84.9 Å². The Morgan fingerprint density at radius 2 is 1.66 bits per heavy atom. The molecule has 0 heterocycles. The van der Waals surface area contributed by atoms with Gasteiger partial charge in [0.05, 0.1) is 0 Å². The Balaban J connectivity index is 2.71. The van der Waals surface area contributed by atoms with Crippen molar-refractivity contribution < 1.29 is 23.9 Å². The Bertz CT molecular complexity index is 662. The maximum atomic E-state index is 12.7. The number of hydrogen-bond acceptors (Lipinski definition) is 5. The molecule has 0 saturated heterocycles. The van der Waals surface area contributed by atoms with Gasteiger partial charge in [0.2, 0.25) is 6.41 Å².